The number of amides is 1. The molecule has 0 N–H and O–H groups in total. The lowest BCUT2D eigenvalue weighted by molar-refractivity contribution is -0.131. The van der Waals surface area contributed by atoms with Crippen molar-refractivity contribution < 1.29 is 4.79 Å². The number of carbonyl (C=O) groups excluding carboxylic acids is 1. The molecule has 0 fully saturated rings. The molecular formula is C14H21N3O2S. The number of aromatic nitrogens is 2. The SMILES string of the molecule is CCN(CC)C(=O)CC1CSc2nc(C)c(C)c(=O)n21. The molecule has 1 aromatic rings. The maximum atomic E-state index is 12.4. The van der Waals surface area contributed by atoms with Gasteiger partial charge in [-0.2, -0.15) is 0 Å². The summed E-state index contributed by atoms with van der Waals surface area (Å²) in [5.41, 5.74) is 1.45. The number of carbonyl (C=O) groups is 1. The minimum Gasteiger partial charge on any atom is -0.343 e. The van der Waals surface area contributed by atoms with Gasteiger partial charge in [0.15, 0.2) is 5.16 Å². The Morgan fingerprint density at radius 3 is 2.65 bits per heavy atom. The molecule has 5 nitrogen and oxygen atoms in total. The minimum atomic E-state index is -0.0672. The maximum Gasteiger partial charge on any atom is 0.257 e. The highest BCUT2D eigenvalue weighted by molar-refractivity contribution is 7.99. The van der Waals surface area contributed by atoms with Crippen molar-refractivity contribution in [3.8, 4) is 0 Å². The smallest absolute Gasteiger partial charge is 0.257 e. The van der Waals surface area contributed by atoms with E-state index in [1.807, 2.05) is 25.7 Å². The summed E-state index contributed by atoms with van der Waals surface area (Å²) in [6.07, 6.45) is 0.381. The van der Waals surface area contributed by atoms with E-state index < -0.39 is 0 Å². The van der Waals surface area contributed by atoms with Gasteiger partial charge in [-0.3, -0.25) is 14.2 Å². The second kappa shape index (κ2) is 5.99. The Balaban J connectivity index is 2.27. The summed E-state index contributed by atoms with van der Waals surface area (Å²) < 4.78 is 1.70. The van der Waals surface area contributed by atoms with Crippen LogP contribution in [0.25, 0.3) is 0 Å². The molecule has 1 aliphatic rings. The van der Waals surface area contributed by atoms with Crippen molar-refractivity contribution in [2.24, 2.45) is 0 Å². The van der Waals surface area contributed by atoms with Crippen LogP contribution in [0.5, 0.6) is 0 Å². The predicted molar refractivity (Wildman–Crippen MR) is 80.3 cm³/mol. The van der Waals surface area contributed by atoms with Crippen LogP contribution in [-0.4, -0.2) is 39.2 Å². The second-order valence-electron chi connectivity index (χ2n) is 5.01. The van der Waals surface area contributed by atoms with Gasteiger partial charge in [0, 0.05) is 36.5 Å². The molecule has 1 aromatic heterocycles. The highest BCUT2D eigenvalue weighted by Gasteiger charge is 2.29. The van der Waals surface area contributed by atoms with E-state index in [-0.39, 0.29) is 17.5 Å². The van der Waals surface area contributed by atoms with Gasteiger partial charge in [0.2, 0.25) is 5.91 Å². The average molecular weight is 295 g/mol. The first-order valence-corrected chi connectivity index (χ1v) is 7.98. The van der Waals surface area contributed by atoms with Crippen molar-refractivity contribution in [3.63, 3.8) is 0 Å². The van der Waals surface area contributed by atoms with E-state index in [1.54, 1.807) is 23.3 Å². The van der Waals surface area contributed by atoms with Gasteiger partial charge in [-0.05, 0) is 27.7 Å². The third-order valence-corrected chi connectivity index (χ3v) is 4.95. The molecule has 1 aliphatic heterocycles. The van der Waals surface area contributed by atoms with Crippen molar-refractivity contribution in [2.45, 2.75) is 45.3 Å². The van der Waals surface area contributed by atoms with Gasteiger partial charge in [0.05, 0.1) is 6.04 Å². The van der Waals surface area contributed by atoms with Crippen LogP contribution in [0.15, 0.2) is 9.95 Å². The molecule has 0 aromatic carbocycles. The molecule has 1 amide bonds. The number of hydrogen-bond acceptors (Lipinski definition) is 4. The van der Waals surface area contributed by atoms with Crippen molar-refractivity contribution in [1.29, 1.82) is 0 Å². The molecule has 1 unspecified atom stereocenters. The highest BCUT2D eigenvalue weighted by atomic mass is 32.2. The topological polar surface area (TPSA) is 55.2 Å². The van der Waals surface area contributed by atoms with Crippen molar-refractivity contribution >= 4 is 17.7 Å². The Kier molecular flexibility index (Phi) is 4.52. The van der Waals surface area contributed by atoms with Crippen LogP contribution in [0.4, 0.5) is 0 Å². The Labute approximate surface area is 123 Å². The predicted octanol–water partition coefficient (Wildman–Crippen LogP) is 1.77. The van der Waals surface area contributed by atoms with Crippen LogP contribution in [0.3, 0.4) is 0 Å². The molecular weight excluding hydrogens is 274 g/mol. The number of rotatable bonds is 4. The van der Waals surface area contributed by atoms with Crippen molar-refractivity contribution in [3.05, 3.63) is 21.6 Å². The van der Waals surface area contributed by atoms with Gasteiger partial charge < -0.3 is 4.90 Å². The normalized spacial score (nSPS) is 17.1. The summed E-state index contributed by atoms with van der Waals surface area (Å²) in [5, 5.41) is 0.746. The van der Waals surface area contributed by atoms with Gasteiger partial charge in [-0.15, -0.1) is 0 Å². The zero-order chi connectivity index (χ0) is 14.9. The van der Waals surface area contributed by atoms with Gasteiger partial charge in [0.1, 0.15) is 0 Å². The fourth-order valence-corrected chi connectivity index (χ4v) is 3.61. The standard InChI is InChI=1S/C14H21N3O2S/c1-5-16(6-2)12(18)7-11-8-20-14-15-10(4)9(3)13(19)17(11)14/h11H,5-8H2,1-4H3. The van der Waals surface area contributed by atoms with Crippen LogP contribution >= 0.6 is 11.8 Å². The maximum absolute atomic E-state index is 12.4. The molecule has 2 heterocycles. The average Bonchev–Trinajstić information content (AvgIpc) is 2.80. The largest absolute Gasteiger partial charge is 0.343 e. The lowest BCUT2D eigenvalue weighted by Crippen LogP contribution is -2.34. The molecule has 110 valence electrons. The van der Waals surface area contributed by atoms with E-state index in [4.69, 9.17) is 0 Å². The van der Waals surface area contributed by atoms with Crippen LogP contribution in [0.1, 0.15) is 37.6 Å². The zero-order valence-corrected chi connectivity index (χ0v) is 13.3. The van der Waals surface area contributed by atoms with E-state index in [0.717, 1.165) is 16.6 Å². The molecule has 0 aliphatic carbocycles. The highest BCUT2D eigenvalue weighted by Crippen LogP contribution is 2.32. The number of nitrogens with zero attached hydrogens (tertiary/aromatic N) is 3. The first-order chi connectivity index (χ1) is 9.49. The Morgan fingerprint density at radius 1 is 1.40 bits per heavy atom. The molecule has 0 saturated heterocycles. The van der Waals surface area contributed by atoms with Gasteiger partial charge in [-0.1, -0.05) is 11.8 Å². The number of thioether (sulfide) groups is 1. The van der Waals surface area contributed by atoms with E-state index >= 15 is 0 Å². The molecule has 0 saturated carbocycles. The molecule has 1 atom stereocenters. The van der Waals surface area contributed by atoms with Crippen molar-refractivity contribution in [1.82, 2.24) is 14.5 Å². The quantitative estimate of drug-likeness (QED) is 0.794. The third-order valence-electron chi connectivity index (χ3n) is 3.85. The Hall–Kier alpha value is -1.30. The minimum absolute atomic E-state index is 0.00477. The van der Waals surface area contributed by atoms with E-state index in [0.29, 0.717) is 25.1 Å². The molecule has 0 bridgehead atoms. The monoisotopic (exact) mass is 295 g/mol. The molecule has 6 heteroatoms. The lowest BCUT2D eigenvalue weighted by atomic mass is 10.2. The summed E-state index contributed by atoms with van der Waals surface area (Å²) in [7, 11) is 0. The van der Waals surface area contributed by atoms with Crippen molar-refractivity contribution in [2.75, 3.05) is 18.8 Å². The fourth-order valence-electron chi connectivity index (χ4n) is 2.43. The third kappa shape index (κ3) is 2.61. The van der Waals surface area contributed by atoms with Crippen LogP contribution in [0, 0.1) is 13.8 Å². The fraction of sp³-hybridized carbons (Fsp3) is 0.643. The summed E-state index contributed by atoms with van der Waals surface area (Å²) in [4.78, 5) is 30.8. The Bertz CT molecular complexity index is 579. The van der Waals surface area contributed by atoms with Crippen LogP contribution in [0.2, 0.25) is 0 Å². The van der Waals surface area contributed by atoms with E-state index in [2.05, 4.69) is 4.98 Å². The molecule has 0 radical (unpaired) electrons. The first-order valence-electron chi connectivity index (χ1n) is 6.99. The van der Waals surface area contributed by atoms with Crippen LogP contribution in [-0.2, 0) is 4.79 Å². The van der Waals surface area contributed by atoms with E-state index in [1.165, 1.54) is 0 Å². The van der Waals surface area contributed by atoms with Gasteiger partial charge in [-0.25, -0.2) is 4.98 Å². The summed E-state index contributed by atoms with van der Waals surface area (Å²) in [6, 6.07) is -0.0672. The first kappa shape index (κ1) is 15.1. The second-order valence-corrected chi connectivity index (χ2v) is 6.00. The van der Waals surface area contributed by atoms with Gasteiger partial charge >= 0.3 is 0 Å². The Morgan fingerprint density at radius 2 is 2.05 bits per heavy atom. The summed E-state index contributed by atoms with van der Waals surface area (Å²) in [6.45, 7) is 9.01. The molecule has 0 spiro atoms. The van der Waals surface area contributed by atoms with Gasteiger partial charge in [0.25, 0.3) is 5.56 Å². The number of aryl methyl sites for hydroxylation is 1. The van der Waals surface area contributed by atoms with Crippen LogP contribution < -0.4 is 5.56 Å². The summed E-state index contributed by atoms with van der Waals surface area (Å²) in [5.74, 6) is 0.858. The van der Waals surface area contributed by atoms with E-state index in [9.17, 15) is 9.59 Å². The zero-order valence-electron chi connectivity index (χ0n) is 12.5. The lowest BCUT2D eigenvalue weighted by Gasteiger charge is -2.21. The number of fused-ring (bicyclic) bond motifs is 1. The number of hydrogen-bond donors (Lipinski definition) is 0. The summed E-state index contributed by atoms with van der Waals surface area (Å²) >= 11 is 1.56. The molecule has 2 rings (SSSR count). The molecule has 20 heavy (non-hydrogen) atoms.